The number of hydrogen-bond acceptors (Lipinski definition) is 5. The average Bonchev–Trinajstić information content (AvgIpc) is 3.01. The van der Waals surface area contributed by atoms with Gasteiger partial charge in [-0.15, -0.1) is 0 Å². The molecule has 0 amide bonds. The van der Waals surface area contributed by atoms with Crippen LogP contribution in [0.15, 0.2) is 47.4 Å². The third-order valence-corrected chi connectivity index (χ3v) is 4.11. The lowest BCUT2D eigenvalue weighted by molar-refractivity contribution is -0.383. The lowest BCUT2D eigenvalue weighted by Gasteiger charge is -2.16. The van der Waals surface area contributed by atoms with E-state index in [0.717, 1.165) is 11.1 Å². The molecule has 2 aromatic heterocycles. The molecule has 106 valence electrons. The molecule has 0 fully saturated rings. The van der Waals surface area contributed by atoms with Gasteiger partial charge in [-0.25, -0.2) is 0 Å². The van der Waals surface area contributed by atoms with E-state index >= 15 is 0 Å². The number of aromatic nitrogens is 1. The molecule has 1 unspecified atom stereocenters. The van der Waals surface area contributed by atoms with Crippen molar-refractivity contribution in [3.8, 4) is 0 Å². The smallest absolute Gasteiger partial charge is 0.278 e. The fourth-order valence-corrected chi connectivity index (χ4v) is 3.05. The SMILES string of the molecule is CC(Nc1ccc([N+](=O)[O-])c2cnccc12)c1ccsc1. The maximum absolute atomic E-state index is 11.1. The second kappa shape index (κ2) is 5.49. The van der Waals surface area contributed by atoms with Gasteiger partial charge in [0.2, 0.25) is 0 Å². The Hall–Kier alpha value is -2.47. The molecule has 0 radical (unpaired) electrons. The second-order valence-electron chi connectivity index (χ2n) is 4.73. The third-order valence-electron chi connectivity index (χ3n) is 3.41. The molecular formula is C15H13N3O2S. The predicted octanol–water partition coefficient (Wildman–Crippen LogP) is 4.38. The van der Waals surface area contributed by atoms with E-state index in [1.807, 2.05) is 5.38 Å². The Balaban J connectivity index is 2.04. The van der Waals surface area contributed by atoms with E-state index in [4.69, 9.17) is 0 Å². The molecule has 6 heteroatoms. The predicted molar refractivity (Wildman–Crippen MR) is 84.8 cm³/mol. The summed E-state index contributed by atoms with van der Waals surface area (Å²) in [6, 6.07) is 7.27. The minimum atomic E-state index is -0.379. The number of thiophene rings is 1. The van der Waals surface area contributed by atoms with E-state index in [-0.39, 0.29) is 16.7 Å². The van der Waals surface area contributed by atoms with Crippen LogP contribution in [0.5, 0.6) is 0 Å². The average molecular weight is 299 g/mol. The van der Waals surface area contributed by atoms with Gasteiger partial charge in [0.25, 0.3) is 5.69 Å². The molecule has 21 heavy (non-hydrogen) atoms. The minimum Gasteiger partial charge on any atom is -0.378 e. The first kappa shape index (κ1) is 13.5. The Morgan fingerprint density at radius 1 is 1.29 bits per heavy atom. The van der Waals surface area contributed by atoms with Crippen molar-refractivity contribution in [1.82, 2.24) is 4.98 Å². The number of fused-ring (bicyclic) bond motifs is 1. The molecule has 0 spiro atoms. The first-order valence-electron chi connectivity index (χ1n) is 6.46. The molecular weight excluding hydrogens is 286 g/mol. The molecule has 3 aromatic rings. The summed E-state index contributed by atoms with van der Waals surface area (Å²) >= 11 is 1.65. The van der Waals surface area contributed by atoms with E-state index in [1.54, 1.807) is 29.7 Å². The summed E-state index contributed by atoms with van der Waals surface area (Å²) in [7, 11) is 0. The van der Waals surface area contributed by atoms with Gasteiger partial charge >= 0.3 is 0 Å². The fourth-order valence-electron chi connectivity index (χ4n) is 2.30. The van der Waals surface area contributed by atoms with Crippen LogP contribution in [0.4, 0.5) is 11.4 Å². The number of nitro benzene ring substituents is 1. The van der Waals surface area contributed by atoms with Crippen LogP contribution in [0.25, 0.3) is 10.8 Å². The van der Waals surface area contributed by atoms with Gasteiger partial charge in [-0.2, -0.15) is 11.3 Å². The van der Waals surface area contributed by atoms with Crippen LogP contribution in [0.2, 0.25) is 0 Å². The normalized spacial score (nSPS) is 12.2. The zero-order valence-corrected chi connectivity index (χ0v) is 12.1. The molecule has 0 bridgehead atoms. The quantitative estimate of drug-likeness (QED) is 0.573. The summed E-state index contributed by atoms with van der Waals surface area (Å²) < 4.78 is 0. The molecule has 2 heterocycles. The van der Waals surface area contributed by atoms with E-state index in [1.165, 1.54) is 17.8 Å². The molecule has 0 saturated carbocycles. The van der Waals surface area contributed by atoms with E-state index in [0.29, 0.717) is 5.39 Å². The number of rotatable bonds is 4. The lowest BCUT2D eigenvalue weighted by Crippen LogP contribution is -2.06. The van der Waals surface area contributed by atoms with Crippen molar-refractivity contribution in [2.24, 2.45) is 0 Å². The Kier molecular flexibility index (Phi) is 3.53. The maximum Gasteiger partial charge on any atom is 0.278 e. The number of pyridine rings is 1. The van der Waals surface area contributed by atoms with Crippen molar-refractivity contribution in [2.45, 2.75) is 13.0 Å². The van der Waals surface area contributed by atoms with Crippen LogP contribution in [0.3, 0.4) is 0 Å². The molecule has 0 aliphatic heterocycles. The summed E-state index contributed by atoms with van der Waals surface area (Å²) in [5.41, 5.74) is 2.14. The van der Waals surface area contributed by atoms with Crippen molar-refractivity contribution in [3.05, 3.63) is 63.1 Å². The zero-order valence-electron chi connectivity index (χ0n) is 11.3. The Bertz CT molecular complexity index is 787. The summed E-state index contributed by atoms with van der Waals surface area (Å²) in [5.74, 6) is 0. The van der Waals surface area contributed by atoms with Crippen LogP contribution in [-0.2, 0) is 0 Å². The number of hydrogen-bond donors (Lipinski definition) is 1. The van der Waals surface area contributed by atoms with E-state index < -0.39 is 0 Å². The first-order valence-corrected chi connectivity index (χ1v) is 7.41. The van der Waals surface area contributed by atoms with Crippen LogP contribution < -0.4 is 5.32 Å². The van der Waals surface area contributed by atoms with Crippen molar-refractivity contribution in [3.63, 3.8) is 0 Å². The Morgan fingerprint density at radius 2 is 2.14 bits per heavy atom. The van der Waals surface area contributed by atoms with Crippen LogP contribution in [0, 0.1) is 10.1 Å². The first-order chi connectivity index (χ1) is 10.2. The molecule has 0 aliphatic carbocycles. The highest BCUT2D eigenvalue weighted by atomic mass is 32.1. The molecule has 0 saturated heterocycles. The van der Waals surface area contributed by atoms with Crippen LogP contribution >= 0.6 is 11.3 Å². The van der Waals surface area contributed by atoms with Gasteiger partial charge in [-0.1, -0.05) is 0 Å². The molecule has 3 rings (SSSR count). The number of anilines is 1. The minimum absolute atomic E-state index is 0.0758. The number of nitrogens with zero attached hydrogens (tertiary/aromatic N) is 2. The molecule has 1 aromatic carbocycles. The standard InChI is InChI=1S/C15H13N3O2S/c1-10(11-5-7-21-9-11)17-14-2-3-15(18(19)20)13-8-16-6-4-12(13)14/h2-10,17H,1H3. The van der Waals surface area contributed by atoms with Crippen LogP contribution in [-0.4, -0.2) is 9.91 Å². The largest absolute Gasteiger partial charge is 0.378 e. The topological polar surface area (TPSA) is 68.1 Å². The highest BCUT2D eigenvalue weighted by Gasteiger charge is 2.15. The van der Waals surface area contributed by atoms with Crippen molar-refractivity contribution in [2.75, 3.05) is 5.32 Å². The maximum atomic E-state index is 11.1. The summed E-state index contributed by atoms with van der Waals surface area (Å²) in [6.45, 7) is 2.07. The fraction of sp³-hybridized carbons (Fsp3) is 0.133. The zero-order chi connectivity index (χ0) is 14.8. The van der Waals surface area contributed by atoms with Crippen molar-refractivity contribution in [1.29, 1.82) is 0 Å². The van der Waals surface area contributed by atoms with Crippen LogP contribution in [0.1, 0.15) is 18.5 Å². The molecule has 0 aliphatic rings. The highest BCUT2D eigenvalue weighted by molar-refractivity contribution is 7.08. The number of benzene rings is 1. The number of nitrogens with one attached hydrogen (secondary N) is 1. The van der Waals surface area contributed by atoms with Gasteiger partial charge in [0.15, 0.2) is 0 Å². The highest BCUT2D eigenvalue weighted by Crippen LogP contribution is 2.32. The van der Waals surface area contributed by atoms with Gasteiger partial charge in [0, 0.05) is 35.6 Å². The third kappa shape index (κ3) is 2.57. The van der Waals surface area contributed by atoms with Gasteiger partial charge < -0.3 is 5.32 Å². The van der Waals surface area contributed by atoms with Gasteiger partial charge in [0.05, 0.1) is 10.3 Å². The molecule has 5 nitrogen and oxygen atoms in total. The second-order valence-corrected chi connectivity index (χ2v) is 5.51. The number of nitro groups is 1. The summed E-state index contributed by atoms with van der Waals surface area (Å²) in [6.07, 6.45) is 3.18. The Labute approximate surface area is 125 Å². The van der Waals surface area contributed by atoms with Gasteiger partial charge in [-0.05, 0) is 41.4 Å². The molecule has 1 N–H and O–H groups in total. The summed E-state index contributed by atoms with van der Waals surface area (Å²) in [4.78, 5) is 14.7. The van der Waals surface area contributed by atoms with E-state index in [9.17, 15) is 10.1 Å². The van der Waals surface area contributed by atoms with E-state index in [2.05, 4.69) is 28.7 Å². The van der Waals surface area contributed by atoms with Crippen molar-refractivity contribution >= 4 is 33.5 Å². The Morgan fingerprint density at radius 3 is 2.86 bits per heavy atom. The van der Waals surface area contributed by atoms with Gasteiger partial charge in [0.1, 0.15) is 0 Å². The summed E-state index contributed by atoms with van der Waals surface area (Å²) in [5, 5.41) is 20.0. The van der Waals surface area contributed by atoms with Gasteiger partial charge in [-0.3, -0.25) is 15.1 Å². The lowest BCUT2D eigenvalue weighted by atomic mass is 10.1. The monoisotopic (exact) mass is 299 g/mol. The number of non-ortho nitro benzene ring substituents is 1. The van der Waals surface area contributed by atoms with Crippen molar-refractivity contribution < 1.29 is 4.92 Å². The molecule has 1 atom stereocenters.